The van der Waals surface area contributed by atoms with Crippen LogP contribution in [0, 0.1) is 0 Å². The van der Waals surface area contributed by atoms with Crippen molar-refractivity contribution in [3.63, 3.8) is 0 Å². The standard InChI is InChI=1S/C8H7BrN2O2S/c9-4-2-1-3(8(12)13)6(10)5(4)7(11)14/h1-2H,10H2,(H2,11,14)(H,12,13). The number of halogens is 1. The molecule has 5 N–H and O–H groups in total. The van der Waals surface area contributed by atoms with Gasteiger partial charge in [-0.3, -0.25) is 0 Å². The molecule has 1 rings (SSSR count). The van der Waals surface area contributed by atoms with Crippen LogP contribution >= 0.6 is 28.1 Å². The molecule has 0 fully saturated rings. The number of carbonyl (C=O) groups is 1. The maximum atomic E-state index is 10.7. The Hall–Kier alpha value is -1.14. The van der Waals surface area contributed by atoms with Crippen molar-refractivity contribution >= 4 is 44.8 Å². The number of aromatic carboxylic acids is 1. The molecule has 0 aliphatic rings. The van der Waals surface area contributed by atoms with E-state index in [9.17, 15) is 4.79 Å². The predicted octanol–water partition coefficient (Wildman–Crippen LogP) is 1.36. The number of benzene rings is 1. The Bertz CT molecular complexity index is 420. The molecular formula is C8H7BrN2O2S. The molecule has 0 saturated carbocycles. The molecule has 0 radical (unpaired) electrons. The lowest BCUT2D eigenvalue weighted by molar-refractivity contribution is 0.0698. The van der Waals surface area contributed by atoms with Crippen molar-refractivity contribution in [3.8, 4) is 0 Å². The topological polar surface area (TPSA) is 89.3 Å². The smallest absolute Gasteiger partial charge is 0.337 e. The minimum atomic E-state index is -1.10. The lowest BCUT2D eigenvalue weighted by Gasteiger charge is -2.08. The van der Waals surface area contributed by atoms with Crippen LogP contribution in [-0.2, 0) is 0 Å². The summed E-state index contributed by atoms with van der Waals surface area (Å²) in [6.07, 6.45) is 0. The van der Waals surface area contributed by atoms with Crippen LogP contribution in [0.5, 0.6) is 0 Å². The molecular weight excluding hydrogens is 268 g/mol. The number of carboxylic acid groups (broad SMARTS) is 1. The third kappa shape index (κ3) is 1.85. The molecule has 0 unspecified atom stereocenters. The molecule has 0 aromatic heterocycles. The molecule has 0 spiro atoms. The highest BCUT2D eigenvalue weighted by Crippen LogP contribution is 2.26. The fraction of sp³-hybridized carbons (Fsp3) is 0. The van der Waals surface area contributed by atoms with E-state index in [1.165, 1.54) is 6.07 Å². The molecule has 0 atom stereocenters. The van der Waals surface area contributed by atoms with Crippen molar-refractivity contribution in [2.75, 3.05) is 5.73 Å². The number of nitrogen functional groups attached to an aromatic ring is 1. The van der Waals surface area contributed by atoms with E-state index in [1.54, 1.807) is 6.07 Å². The fourth-order valence-corrected chi connectivity index (χ4v) is 1.94. The van der Waals surface area contributed by atoms with Gasteiger partial charge in [0.1, 0.15) is 4.99 Å². The SMILES string of the molecule is NC(=S)c1c(Br)ccc(C(=O)O)c1N. The number of rotatable bonds is 2. The van der Waals surface area contributed by atoms with Crippen molar-refractivity contribution in [1.82, 2.24) is 0 Å². The van der Waals surface area contributed by atoms with Gasteiger partial charge < -0.3 is 16.6 Å². The molecule has 0 heterocycles. The van der Waals surface area contributed by atoms with Crippen LogP contribution in [0.3, 0.4) is 0 Å². The van der Waals surface area contributed by atoms with Crippen molar-refractivity contribution in [3.05, 3.63) is 27.7 Å². The summed E-state index contributed by atoms with van der Waals surface area (Å²) >= 11 is 7.95. The van der Waals surface area contributed by atoms with Crippen LogP contribution in [0.15, 0.2) is 16.6 Å². The van der Waals surface area contributed by atoms with E-state index in [4.69, 9.17) is 28.8 Å². The van der Waals surface area contributed by atoms with Gasteiger partial charge in [0, 0.05) is 10.0 Å². The zero-order valence-corrected chi connectivity index (χ0v) is 9.35. The second-order valence-electron chi connectivity index (χ2n) is 2.55. The van der Waals surface area contributed by atoms with Crippen LogP contribution in [-0.4, -0.2) is 16.1 Å². The van der Waals surface area contributed by atoms with Crippen LogP contribution < -0.4 is 11.5 Å². The Balaban J connectivity index is 3.49. The average molecular weight is 275 g/mol. The first kappa shape index (κ1) is 10.9. The molecule has 0 aliphatic heterocycles. The second-order valence-corrected chi connectivity index (χ2v) is 3.85. The van der Waals surface area contributed by atoms with E-state index in [0.29, 0.717) is 10.0 Å². The van der Waals surface area contributed by atoms with E-state index in [0.717, 1.165) is 0 Å². The van der Waals surface area contributed by atoms with Crippen LogP contribution in [0.25, 0.3) is 0 Å². The van der Waals surface area contributed by atoms with Gasteiger partial charge in [-0.05, 0) is 28.1 Å². The molecule has 14 heavy (non-hydrogen) atoms. The highest BCUT2D eigenvalue weighted by molar-refractivity contribution is 9.10. The van der Waals surface area contributed by atoms with E-state index in [2.05, 4.69) is 15.9 Å². The highest BCUT2D eigenvalue weighted by atomic mass is 79.9. The first-order valence-corrected chi connectivity index (χ1v) is 4.76. The molecule has 0 bridgehead atoms. The van der Waals surface area contributed by atoms with Crippen molar-refractivity contribution in [1.29, 1.82) is 0 Å². The van der Waals surface area contributed by atoms with Gasteiger partial charge in [-0.15, -0.1) is 0 Å². The largest absolute Gasteiger partial charge is 0.478 e. The summed E-state index contributed by atoms with van der Waals surface area (Å²) in [6, 6.07) is 2.94. The lowest BCUT2D eigenvalue weighted by Crippen LogP contribution is -2.15. The minimum Gasteiger partial charge on any atom is -0.478 e. The van der Waals surface area contributed by atoms with Crippen molar-refractivity contribution in [2.24, 2.45) is 5.73 Å². The molecule has 6 heteroatoms. The summed E-state index contributed by atoms with van der Waals surface area (Å²) in [7, 11) is 0. The fourth-order valence-electron chi connectivity index (χ4n) is 1.03. The molecule has 4 nitrogen and oxygen atoms in total. The molecule has 1 aromatic rings. The second kappa shape index (κ2) is 3.93. The minimum absolute atomic E-state index is 0.00370. The molecule has 1 aromatic carbocycles. The predicted molar refractivity (Wildman–Crippen MR) is 61.4 cm³/mol. The van der Waals surface area contributed by atoms with Crippen molar-refractivity contribution in [2.45, 2.75) is 0 Å². The molecule has 0 saturated heterocycles. The van der Waals surface area contributed by atoms with Gasteiger partial charge in [-0.2, -0.15) is 0 Å². The molecule has 0 aliphatic carbocycles. The van der Waals surface area contributed by atoms with Gasteiger partial charge in [-0.1, -0.05) is 12.2 Å². The van der Waals surface area contributed by atoms with Gasteiger partial charge in [0.25, 0.3) is 0 Å². The van der Waals surface area contributed by atoms with Crippen LogP contribution in [0.2, 0.25) is 0 Å². The number of thiocarbonyl (C=S) groups is 1. The van der Waals surface area contributed by atoms with Crippen LogP contribution in [0.4, 0.5) is 5.69 Å². The van der Waals surface area contributed by atoms with Gasteiger partial charge >= 0.3 is 5.97 Å². The van der Waals surface area contributed by atoms with Gasteiger partial charge in [0.05, 0.1) is 11.3 Å². The first-order chi connectivity index (χ1) is 6.45. The third-order valence-electron chi connectivity index (χ3n) is 1.67. The maximum Gasteiger partial charge on any atom is 0.337 e. The Labute approximate surface area is 94.0 Å². The number of hydrogen-bond donors (Lipinski definition) is 3. The lowest BCUT2D eigenvalue weighted by atomic mass is 10.1. The van der Waals surface area contributed by atoms with E-state index >= 15 is 0 Å². The summed E-state index contributed by atoms with van der Waals surface area (Å²) in [6.45, 7) is 0. The van der Waals surface area contributed by atoms with Crippen LogP contribution in [0.1, 0.15) is 15.9 Å². The summed E-state index contributed by atoms with van der Waals surface area (Å²) in [5.74, 6) is -1.10. The third-order valence-corrected chi connectivity index (χ3v) is 2.54. The first-order valence-electron chi connectivity index (χ1n) is 3.56. The van der Waals surface area contributed by atoms with E-state index in [1.807, 2.05) is 0 Å². The Morgan fingerprint density at radius 1 is 1.50 bits per heavy atom. The Morgan fingerprint density at radius 2 is 2.07 bits per heavy atom. The average Bonchev–Trinajstić information content (AvgIpc) is 2.02. The number of carboxylic acids is 1. The number of anilines is 1. The highest BCUT2D eigenvalue weighted by Gasteiger charge is 2.15. The number of nitrogens with two attached hydrogens (primary N) is 2. The van der Waals surface area contributed by atoms with Crippen molar-refractivity contribution < 1.29 is 9.90 Å². The summed E-state index contributed by atoms with van der Waals surface area (Å²) in [4.78, 5) is 10.8. The zero-order chi connectivity index (χ0) is 10.9. The van der Waals surface area contributed by atoms with E-state index < -0.39 is 5.97 Å². The van der Waals surface area contributed by atoms with Gasteiger partial charge in [0.2, 0.25) is 0 Å². The molecule has 74 valence electrons. The summed E-state index contributed by atoms with van der Waals surface area (Å²) < 4.78 is 0.590. The quantitative estimate of drug-likeness (QED) is 0.560. The van der Waals surface area contributed by atoms with Gasteiger partial charge in [0.15, 0.2) is 0 Å². The van der Waals surface area contributed by atoms with Gasteiger partial charge in [-0.25, -0.2) is 4.79 Å². The monoisotopic (exact) mass is 274 g/mol. The Kier molecular flexibility index (Phi) is 3.07. The van der Waals surface area contributed by atoms with E-state index in [-0.39, 0.29) is 16.2 Å². The maximum absolute atomic E-state index is 10.7. The molecule has 0 amide bonds. The summed E-state index contributed by atoms with van der Waals surface area (Å²) in [5.41, 5.74) is 11.5. The Morgan fingerprint density at radius 3 is 2.50 bits per heavy atom. The summed E-state index contributed by atoms with van der Waals surface area (Å²) in [5, 5.41) is 8.78. The zero-order valence-electron chi connectivity index (χ0n) is 6.95. The number of hydrogen-bond acceptors (Lipinski definition) is 3. The normalized spacial score (nSPS) is 9.79.